The van der Waals surface area contributed by atoms with Gasteiger partial charge in [0.15, 0.2) is 0 Å². The van der Waals surface area contributed by atoms with E-state index >= 15 is 0 Å². The Morgan fingerprint density at radius 2 is 2.00 bits per heavy atom. The SMILES string of the molecule is COC/C=C(\COC)c1cccc(OC)c1. The highest BCUT2D eigenvalue weighted by molar-refractivity contribution is 5.67. The first-order valence-corrected chi connectivity index (χ1v) is 5.13. The van der Waals surface area contributed by atoms with Crippen molar-refractivity contribution in [3.8, 4) is 5.75 Å². The van der Waals surface area contributed by atoms with Crippen LogP contribution in [0.15, 0.2) is 30.3 Å². The summed E-state index contributed by atoms with van der Waals surface area (Å²) in [6.45, 7) is 1.15. The fraction of sp³-hybridized carbons (Fsp3) is 0.385. The zero-order valence-electron chi connectivity index (χ0n) is 10.0. The third-order valence-electron chi connectivity index (χ3n) is 2.24. The summed E-state index contributed by atoms with van der Waals surface area (Å²) in [6.07, 6.45) is 2.01. The number of hydrogen-bond acceptors (Lipinski definition) is 3. The van der Waals surface area contributed by atoms with E-state index in [1.165, 1.54) is 0 Å². The number of methoxy groups -OCH3 is 3. The summed E-state index contributed by atoms with van der Waals surface area (Å²) < 4.78 is 15.4. The summed E-state index contributed by atoms with van der Waals surface area (Å²) >= 11 is 0. The first kappa shape index (κ1) is 12.7. The van der Waals surface area contributed by atoms with Gasteiger partial charge in [0.05, 0.1) is 20.3 Å². The van der Waals surface area contributed by atoms with Crippen molar-refractivity contribution in [2.75, 3.05) is 34.5 Å². The van der Waals surface area contributed by atoms with Crippen molar-refractivity contribution in [1.29, 1.82) is 0 Å². The van der Waals surface area contributed by atoms with Crippen molar-refractivity contribution < 1.29 is 14.2 Å². The summed E-state index contributed by atoms with van der Waals surface area (Å²) in [5.74, 6) is 0.844. The van der Waals surface area contributed by atoms with Gasteiger partial charge in [0.25, 0.3) is 0 Å². The fourth-order valence-electron chi connectivity index (χ4n) is 1.42. The minimum absolute atomic E-state index is 0.566. The van der Waals surface area contributed by atoms with Crippen molar-refractivity contribution in [2.24, 2.45) is 0 Å². The van der Waals surface area contributed by atoms with Crippen LogP contribution in [0.4, 0.5) is 0 Å². The minimum atomic E-state index is 0.566. The second kappa shape index (κ2) is 7.04. The van der Waals surface area contributed by atoms with Gasteiger partial charge in [0, 0.05) is 14.2 Å². The highest BCUT2D eigenvalue weighted by Crippen LogP contribution is 2.20. The van der Waals surface area contributed by atoms with Gasteiger partial charge in [0.2, 0.25) is 0 Å². The summed E-state index contributed by atoms with van der Waals surface area (Å²) in [4.78, 5) is 0. The lowest BCUT2D eigenvalue weighted by molar-refractivity contribution is 0.227. The van der Waals surface area contributed by atoms with Gasteiger partial charge >= 0.3 is 0 Å². The van der Waals surface area contributed by atoms with E-state index in [9.17, 15) is 0 Å². The van der Waals surface area contributed by atoms with Crippen LogP contribution in [-0.2, 0) is 9.47 Å². The molecule has 16 heavy (non-hydrogen) atoms. The summed E-state index contributed by atoms with van der Waals surface area (Å²) in [5.41, 5.74) is 2.20. The topological polar surface area (TPSA) is 27.7 Å². The number of ether oxygens (including phenoxy) is 3. The zero-order chi connectivity index (χ0) is 11.8. The Hall–Kier alpha value is -1.32. The number of benzene rings is 1. The van der Waals surface area contributed by atoms with Crippen molar-refractivity contribution in [2.45, 2.75) is 0 Å². The lowest BCUT2D eigenvalue weighted by Gasteiger charge is -2.08. The van der Waals surface area contributed by atoms with Gasteiger partial charge in [-0.1, -0.05) is 18.2 Å². The van der Waals surface area contributed by atoms with Crippen LogP contribution in [0.25, 0.3) is 5.57 Å². The maximum Gasteiger partial charge on any atom is 0.119 e. The maximum absolute atomic E-state index is 5.19. The highest BCUT2D eigenvalue weighted by atomic mass is 16.5. The molecule has 0 saturated heterocycles. The standard InChI is InChI=1S/C13H18O3/c1-14-8-7-12(10-15-2)11-5-4-6-13(9-11)16-3/h4-7,9H,8,10H2,1-3H3/b12-7+. The predicted molar refractivity (Wildman–Crippen MR) is 64.7 cm³/mol. The van der Waals surface area contributed by atoms with Gasteiger partial charge in [-0.15, -0.1) is 0 Å². The molecule has 3 heteroatoms. The normalized spacial score (nSPS) is 11.6. The van der Waals surface area contributed by atoms with E-state index in [1.807, 2.05) is 30.3 Å². The van der Waals surface area contributed by atoms with E-state index in [2.05, 4.69) is 0 Å². The summed E-state index contributed by atoms with van der Waals surface area (Å²) in [5, 5.41) is 0. The van der Waals surface area contributed by atoms with Crippen molar-refractivity contribution in [1.82, 2.24) is 0 Å². The Labute approximate surface area is 96.6 Å². The molecule has 0 aromatic heterocycles. The van der Waals surface area contributed by atoms with E-state index < -0.39 is 0 Å². The molecule has 0 aliphatic rings. The third kappa shape index (κ3) is 3.68. The fourth-order valence-corrected chi connectivity index (χ4v) is 1.42. The Balaban J connectivity index is 2.91. The molecule has 0 aliphatic heterocycles. The van der Waals surface area contributed by atoms with Crippen LogP contribution in [0.3, 0.4) is 0 Å². The number of hydrogen-bond donors (Lipinski definition) is 0. The van der Waals surface area contributed by atoms with Gasteiger partial charge in [0.1, 0.15) is 5.75 Å². The second-order valence-corrected chi connectivity index (χ2v) is 3.35. The minimum Gasteiger partial charge on any atom is -0.497 e. The predicted octanol–water partition coefficient (Wildman–Crippen LogP) is 2.37. The smallest absolute Gasteiger partial charge is 0.119 e. The highest BCUT2D eigenvalue weighted by Gasteiger charge is 2.02. The van der Waals surface area contributed by atoms with E-state index in [0.29, 0.717) is 13.2 Å². The molecular weight excluding hydrogens is 204 g/mol. The van der Waals surface area contributed by atoms with Gasteiger partial charge in [-0.3, -0.25) is 0 Å². The van der Waals surface area contributed by atoms with Gasteiger partial charge in [-0.2, -0.15) is 0 Å². The summed E-state index contributed by atoms with van der Waals surface area (Å²) in [6, 6.07) is 7.90. The average Bonchev–Trinajstić information content (AvgIpc) is 2.34. The van der Waals surface area contributed by atoms with Crippen molar-refractivity contribution in [3.05, 3.63) is 35.9 Å². The zero-order valence-corrected chi connectivity index (χ0v) is 10.0. The Kier molecular flexibility index (Phi) is 5.61. The maximum atomic E-state index is 5.19. The van der Waals surface area contributed by atoms with Crippen LogP contribution in [-0.4, -0.2) is 34.5 Å². The monoisotopic (exact) mass is 222 g/mol. The molecule has 1 rings (SSSR count). The second-order valence-electron chi connectivity index (χ2n) is 3.35. The van der Waals surface area contributed by atoms with E-state index in [4.69, 9.17) is 14.2 Å². The van der Waals surface area contributed by atoms with Gasteiger partial charge in [-0.05, 0) is 23.3 Å². The van der Waals surface area contributed by atoms with E-state index in [0.717, 1.165) is 16.9 Å². The molecule has 0 spiro atoms. The van der Waals surface area contributed by atoms with Gasteiger partial charge < -0.3 is 14.2 Å². The van der Waals surface area contributed by atoms with Crippen LogP contribution in [0, 0.1) is 0 Å². The molecule has 0 amide bonds. The molecule has 0 atom stereocenters. The van der Waals surface area contributed by atoms with Gasteiger partial charge in [-0.25, -0.2) is 0 Å². The molecule has 1 aromatic rings. The Bertz CT molecular complexity index is 345. The lowest BCUT2D eigenvalue weighted by atomic mass is 10.1. The van der Waals surface area contributed by atoms with Crippen LogP contribution in [0.5, 0.6) is 5.75 Å². The Morgan fingerprint density at radius 3 is 2.62 bits per heavy atom. The first-order chi connectivity index (χ1) is 7.81. The van der Waals surface area contributed by atoms with Crippen LogP contribution in [0.2, 0.25) is 0 Å². The molecule has 0 heterocycles. The molecule has 0 fully saturated rings. The summed E-state index contributed by atoms with van der Waals surface area (Å²) in [7, 11) is 5.02. The lowest BCUT2D eigenvalue weighted by Crippen LogP contribution is -1.97. The molecule has 0 unspecified atom stereocenters. The molecule has 0 bridgehead atoms. The molecule has 0 aliphatic carbocycles. The molecule has 3 nitrogen and oxygen atoms in total. The van der Waals surface area contributed by atoms with E-state index in [1.54, 1.807) is 21.3 Å². The molecule has 0 saturated carbocycles. The van der Waals surface area contributed by atoms with Crippen LogP contribution >= 0.6 is 0 Å². The van der Waals surface area contributed by atoms with Crippen molar-refractivity contribution >= 4 is 5.57 Å². The molecular formula is C13H18O3. The first-order valence-electron chi connectivity index (χ1n) is 5.13. The van der Waals surface area contributed by atoms with Crippen LogP contribution in [0.1, 0.15) is 5.56 Å². The largest absolute Gasteiger partial charge is 0.497 e. The third-order valence-corrected chi connectivity index (χ3v) is 2.24. The molecule has 0 N–H and O–H groups in total. The molecule has 1 aromatic carbocycles. The van der Waals surface area contributed by atoms with Crippen LogP contribution < -0.4 is 4.74 Å². The average molecular weight is 222 g/mol. The molecule has 88 valence electrons. The van der Waals surface area contributed by atoms with Crippen molar-refractivity contribution in [3.63, 3.8) is 0 Å². The molecule has 0 radical (unpaired) electrons. The van der Waals surface area contributed by atoms with E-state index in [-0.39, 0.29) is 0 Å². The Morgan fingerprint density at radius 1 is 1.19 bits per heavy atom. The number of rotatable bonds is 6. The quantitative estimate of drug-likeness (QED) is 0.739.